The lowest BCUT2D eigenvalue weighted by Crippen LogP contribution is -2.50. The molecule has 7 heteroatoms. The smallest absolute Gasteiger partial charge is 0.338 e. The second kappa shape index (κ2) is 12.8. The number of carbonyl (C=O) groups excluding carboxylic acids is 1. The number of hydrogen-bond donors (Lipinski definition) is 1. The highest BCUT2D eigenvalue weighted by Crippen LogP contribution is 2.42. The molecular weight excluding hydrogens is 524 g/mol. The molecule has 1 saturated carbocycles. The molecule has 3 aliphatic rings. The van der Waals surface area contributed by atoms with E-state index in [1.54, 1.807) is 0 Å². The fourth-order valence-corrected chi connectivity index (χ4v) is 7.14. The van der Waals surface area contributed by atoms with E-state index in [0.29, 0.717) is 11.5 Å². The van der Waals surface area contributed by atoms with Crippen LogP contribution in [-0.2, 0) is 9.47 Å². The van der Waals surface area contributed by atoms with Gasteiger partial charge in [-0.1, -0.05) is 55.7 Å². The van der Waals surface area contributed by atoms with Gasteiger partial charge in [0.15, 0.2) is 5.82 Å². The van der Waals surface area contributed by atoms with Crippen molar-refractivity contribution in [2.24, 2.45) is 5.92 Å². The fourth-order valence-electron chi connectivity index (χ4n) is 7.14. The van der Waals surface area contributed by atoms with E-state index in [1.165, 1.54) is 44.8 Å². The van der Waals surface area contributed by atoms with E-state index in [4.69, 9.17) is 19.4 Å². The van der Waals surface area contributed by atoms with Crippen LogP contribution in [0.3, 0.4) is 0 Å². The largest absolute Gasteiger partial charge is 0.465 e. The molecule has 0 bridgehead atoms. The molecule has 1 saturated heterocycles. The van der Waals surface area contributed by atoms with Crippen molar-refractivity contribution in [3.63, 3.8) is 0 Å². The lowest BCUT2D eigenvalue weighted by molar-refractivity contribution is -0.0856. The van der Waals surface area contributed by atoms with Crippen LogP contribution in [0.5, 0.6) is 0 Å². The molecule has 3 aromatic rings. The molecule has 42 heavy (non-hydrogen) atoms. The van der Waals surface area contributed by atoms with Gasteiger partial charge in [-0.05, 0) is 79.0 Å². The third-order valence-corrected chi connectivity index (χ3v) is 9.68. The predicted octanol–water partition coefficient (Wildman–Crippen LogP) is 6.54. The van der Waals surface area contributed by atoms with Crippen LogP contribution in [0.25, 0.3) is 28.1 Å². The van der Waals surface area contributed by atoms with Crippen LogP contribution in [-0.4, -0.2) is 61.9 Å². The Morgan fingerprint density at radius 2 is 1.62 bits per heavy atom. The third kappa shape index (κ3) is 5.86. The number of aromatic nitrogens is 2. The van der Waals surface area contributed by atoms with E-state index in [2.05, 4.69) is 46.6 Å². The Labute approximate surface area is 249 Å². The van der Waals surface area contributed by atoms with Crippen molar-refractivity contribution >= 4 is 17.2 Å². The summed E-state index contributed by atoms with van der Waals surface area (Å²) in [6.45, 7) is 3.66. The van der Waals surface area contributed by atoms with Crippen LogP contribution in [0.2, 0.25) is 0 Å². The molecule has 3 heterocycles. The van der Waals surface area contributed by atoms with Gasteiger partial charge in [0.25, 0.3) is 0 Å². The summed E-state index contributed by atoms with van der Waals surface area (Å²) in [7, 11) is 3.34. The van der Waals surface area contributed by atoms with Crippen LogP contribution in [0.15, 0.2) is 60.9 Å². The van der Waals surface area contributed by atoms with Crippen molar-refractivity contribution in [1.82, 2.24) is 15.3 Å². The summed E-state index contributed by atoms with van der Waals surface area (Å²) in [6, 6.07) is 14.3. The van der Waals surface area contributed by atoms with Crippen LogP contribution in [0.4, 0.5) is 5.69 Å². The number of esters is 1. The van der Waals surface area contributed by atoms with Crippen molar-refractivity contribution < 1.29 is 14.3 Å². The monoisotopic (exact) mass is 566 g/mol. The number of nitrogens with one attached hydrogen (secondary N) is 1. The molecule has 0 spiro atoms. The van der Waals surface area contributed by atoms with Crippen molar-refractivity contribution in [1.29, 1.82) is 0 Å². The minimum Gasteiger partial charge on any atom is -0.465 e. The van der Waals surface area contributed by atoms with Gasteiger partial charge in [-0.2, -0.15) is 0 Å². The van der Waals surface area contributed by atoms with E-state index in [0.717, 1.165) is 79.2 Å². The highest BCUT2D eigenvalue weighted by Gasteiger charge is 2.42. The van der Waals surface area contributed by atoms with E-state index in [-0.39, 0.29) is 11.6 Å². The van der Waals surface area contributed by atoms with Crippen molar-refractivity contribution in [3.8, 4) is 22.5 Å². The maximum atomic E-state index is 12.5. The molecule has 7 nitrogen and oxygen atoms in total. The van der Waals surface area contributed by atoms with Gasteiger partial charge in [0, 0.05) is 32.3 Å². The summed E-state index contributed by atoms with van der Waals surface area (Å²) >= 11 is 0. The Balaban J connectivity index is 1.15. The van der Waals surface area contributed by atoms with E-state index < -0.39 is 0 Å². The number of ether oxygens (including phenoxy) is 2. The summed E-state index contributed by atoms with van der Waals surface area (Å²) in [5.74, 6) is 1.11. The maximum absolute atomic E-state index is 12.5. The molecule has 1 N–H and O–H groups in total. The van der Waals surface area contributed by atoms with Crippen molar-refractivity contribution in [3.05, 3.63) is 72.1 Å². The zero-order valence-corrected chi connectivity index (χ0v) is 24.9. The Kier molecular flexibility index (Phi) is 8.68. The topological polar surface area (TPSA) is 76.6 Å². The average Bonchev–Trinajstić information content (AvgIpc) is 3.08. The predicted molar refractivity (Wildman–Crippen MR) is 167 cm³/mol. The minimum absolute atomic E-state index is 0.0322. The Bertz CT molecular complexity index is 1400. The molecule has 0 radical (unpaired) electrons. The Hall–Kier alpha value is -3.55. The molecule has 220 valence electrons. The quantitative estimate of drug-likeness (QED) is 0.326. The molecular formula is C35H42N4O3. The van der Waals surface area contributed by atoms with Gasteiger partial charge in [0.1, 0.15) is 0 Å². The van der Waals surface area contributed by atoms with Gasteiger partial charge in [0.05, 0.1) is 36.4 Å². The zero-order chi connectivity index (χ0) is 28.9. The van der Waals surface area contributed by atoms with E-state index in [9.17, 15) is 4.79 Å². The first-order valence-electron chi connectivity index (χ1n) is 15.5. The highest BCUT2D eigenvalue weighted by atomic mass is 16.5. The maximum Gasteiger partial charge on any atom is 0.338 e. The molecule has 2 aliphatic heterocycles. The molecule has 2 aromatic carbocycles. The number of hydrogen-bond acceptors (Lipinski definition) is 7. The molecule has 1 aromatic heterocycles. The number of carbonyl (C=O) groups is 1. The van der Waals surface area contributed by atoms with Gasteiger partial charge in [0.2, 0.25) is 0 Å². The third-order valence-electron chi connectivity index (χ3n) is 9.68. The Morgan fingerprint density at radius 3 is 2.26 bits per heavy atom. The fraction of sp³-hybridized carbons (Fsp3) is 0.457. The van der Waals surface area contributed by atoms with Crippen molar-refractivity contribution in [2.45, 2.75) is 57.0 Å². The summed E-state index contributed by atoms with van der Waals surface area (Å²) < 4.78 is 11.3. The molecule has 6 rings (SSSR count). The van der Waals surface area contributed by atoms with Crippen LogP contribution in [0.1, 0.15) is 67.3 Å². The Morgan fingerprint density at radius 1 is 0.929 bits per heavy atom. The number of rotatable bonds is 7. The van der Waals surface area contributed by atoms with E-state index >= 15 is 0 Å². The first kappa shape index (κ1) is 28.6. The number of methoxy groups -OCH3 is 2. The summed E-state index contributed by atoms with van der Waals surface area (Å²) in [4.78, 5) is 24.4. The summed E-state index contributed by atoms with van der Waals surface area (Å²) in [5.41, 5.74) is 6.96. The summed E-state index contributed by atoms with van der Waals surface area (Å²) in [6.07, 6.45) is 15.8. The molecule has 2 fully saturated rings. The number of nitrogens with zero attached hydrogens (tertiary/aromatic N) is 3. The van der Waals surface area contributed by atoms with Gasteiger partial charge in [-0.25, -0.2) is 14.8 Å². The minimum atomic E-state index is -0.307. The van der Waals surface area contributed by atoms with Gasteiger partial charge in [-0.3, -0.25) is 0 Å². The molecule has 1 aliphatic carbocycles. The van der Waals surface area contributed by atoms with Crippen molar-refractivity contribution in [2.75, 3.05) is 45.3 Å². The molecule has 0 amide bonds. The van der Waals surface area contributed by atoms with Gasteiger partial charge in [-0.15, -0.1) is 0 Å². The SMILES string of the molecule is COC(=O)c1ccc(-c2ccc(-c3ncc(N4CCC(OC)(C5CCCCC5)CC4)cn3)cc2)cc1C1=CCNCC1. The van der Waals surface area contributed by atoms with Crippen LogP contribution < -0.4 is 10.2 Å². The normalized spacial score (nSPS) is 19.3. The lowest BCUT2D eigenvalue weighted by Gasteiger charge is -2.47. The van der Waals surface area contributed by atoms with Gasteiger partial charge < -0.3 is 19.7 Å². The first-order chi connectivity index (χ1) is 20.6. The highest BCUT2D eigenvalue weighted by molar-refractivity contribution is 5.96. The second-order valence-corrected chi connectivity index (χ2v) is 11.9. The zero-order valence-electron chi connectivity index (χ0n) is 24.9. The van der Waals surface area contributed by atoms with Crippen LogP contribution in [0, 0.1) is 5.92 Å². The van der Waals surface area contributed by atoms with Gasteiger partial charge >= 0.3 is 5.97 Å². The number of benzene rings is 2. The number of anilines is 1. The average molecular weight is 567 g/mol. The second-order valence-electron chi connectivity index (χ2n) is 11.9. The first-order valence-corrected chi connectivity index (χ1v) is 15.5. The van der Waals surface area contributed by atoms with E-state index in [1.807, 2.05) is 31.6 Å². The number of piperidine rings is 1. The van der Waals surface area contributed by atoms with Crippen LogP contribution >= 0.6 is 0 Å². The molecule has 0 unspecified atom stereocenters. The molecule has 0 atom stereocenters. The summed E-state index contributed by atoms with van der Waals surface area (Å²) in [5, 5.41) is 3.34. The lowest BCUT2D eigenvalue weighted by atomic mass is 9.72. The standard InChI is InChI=1S/C35H42N4O3/c1-41-34(40)31-13-12-28(22-32(31)26-14-18-36-19-15-26)25-8-10-27(11-9-25)33-37-23-30(24-38-33)39-20-16-35(42-2,17-21-39)29-6-4-3-5-7-29/h8-14,22-24,29,36H,3-7,15-21H2,1-2H3.